The number of amides is 2. The van der Waals surface area contributed by atoms with E-state index < -0.39 is 0 Å². The number of hydrogen-bond donors (Lipinski definition) is 2. The SMILES string of the molecule is CCC(C(=O)N1CCC(NC(=O)CCCN)CC1)c1ccccc1.Cl. The van der Waals surface area contributed by atoms with Crippen molar-refractivity contribution in [3.63, 3.8) is 0 Å². The molecule has 1 fully saturated rings. The molecule has 2 amide bonds. The molecule has 5 nitrogen and oxygen atoms in total. The van der Waals surface area contributed by atoms with Gasteiger partial charge in [-0.1, -0.05) is 37.3 Å². The molecule has 0 spiro atoms. The first kappa shape index (κ1) is 21.5. The fourth-order valence-corrected chi connectivity index (χ4v) is 3.27. The lowest BCUT2D eigenvalue weighted by atomic mass is 9.93. The minimum atomic E-state index is -0.0677. The van der Waals surface area contributed by atoms with Gasteiger partial charge in [0.1, 0.15) is 0 Å². The van der Waals surface area contributed by atoms with Crippen molar-refractivity contribution in [3.05, 3.63) is 35.9 Å². The van der Waals surface area contributed by atoms with Gasteiger partial charge in [0, 0.05) is 25.6 Å². The summed E-state index contributed by atoms with van der Waals surface area (Å²) in [6, 6.07) is 10.2. The minimum absolute atomic E-state index is 0. The third-order valence-electron chi connectivity index (χ3n) is 4.69. The van der Waals surface area contributed by atoms with Gasteiger partial charge in [0.2, 0.25) is 11.8 Å². The molecule has 140 valence electrons. The van der Waals surface area contributed by atoms with E-state index in [1.165, 1.54) is 0 Å². The maximum Gasteiger partial charge on any atom is 0.230 e. The Morgan fingerprint density at radius 3 is 2.44 bits per heavy atom. The summed E-state index contributed by atoms with van der Waals surface area (Å²) in [5.41, 5.74) is 6.51. The summed E-state index contributed by atoms with van der Waals surface area (Å²) in [5.74, 6) is 0.208. The summed E-state index contributed by atoms with van der Waals surface area (Å²) in [6.07, 6.45) is 3.66. The van der Waals surface area contributed by atoms with Gasteiger partial charge in [-0.25, -0.2) is 0 Å². The molecule has 1 saturated heterocycles. The highest BCUT2D eigenvalue weighted by Crippen LogP contribution is 2.24. The fourth-order valence-electron chi connectivity index (χ4n) is 3.27. The average molecular weight is 368 g/mol. The summed E-state index contributed by atoms with van der Waals surface area (Å²) in [5, 5.41) is 3.06. The van der Waals surface area contributed by atoms with Crippen molar-refractivity contribution in [1.82, 2.24) is 10.2 Å². The molecule has 1 aliphatic rings. The first-order valence-electron chi connectivity index (χ1n) is 8.98. The van der Waals surface area contributed by atoms with Gasteiger partial charge in [-0.2, -0.15) is 0 Å². The van der Waals surface area contributed by atoms with E-state index in [2.05, 4.69) is 12.2 Å². The van der Waals surface area contributed by atoms with Gasteiger partial charge in [0.15, 0.2) is 0 Å². The van der Waals surface area contributed by atoms with E-state index in [1.54, 1.807) is 0 Å². The van der Waals surface area contributed by atoms with Gasteiger partial charge in [0.05, 0.1) is 5.92 Å². The number of nitrogens with two attached hydrogens (primary N) is 1. The van der Waals surface area contributed by atoms with Crippen LogP contribution in [-0.2, 0) is 9.59 Å². The lowest BCUT2D eigenvalue weighted by molar-refractivity contribution is -0.134. The number of benzene rings is 1. The second-order valence-corrected chi connectivity index (χ2v) is 6.43. The molecular weight excluding hydrogens is 338 g/mol. The van der Waals surface area contributed by atoms with Crippen LogP contribution in [0.5, 0.6) is 0 Å². The third-order valence-corrected chi connectivity index (χ3v) is 4.69. The molecule has 1 aliphatic heterocycles. The summed E-state index contributed by atoms with van der Waals surface area (Å²) in [6.45, 7) is 4.02. The van der Waals surface area contributed by atoms with Crippen LogP contribution in [0.25, 0.3) is 0 Å². The lowest BCUT2D eigenvalue weighted by Gasteiger charge is -2.34. The van der Waals surface area contributed by atoms with E-state index in [4.69, 9.17) is 5.73 Å². The van der Waals surface area contributed by atoms with Crippen LogP contribution in [-0.4, -0.2) is 42.4 Å². The van der Waals surface area contributed by atoms with E-state index in [0.29, 0.717) is 26.1 Å². The Kier molecular flexibility index (Phi) is 9.53. The number of halogens is 1. The van der Waals surface area contributed by atoms with E-state index in [-0.39, 0.29) is 36.2 Å². The van der Waals surface area contributed by atoms with Crippen molar-refractivity contribution in [1.29, 1.82) is 0 Å². The predicted molar refractivity (Wildman–Crippen MR) is 103 cm³/mol. The van der Waals surface area contributed by atoms with E-state index in [9.17, 15) is 9.59 Å². The minimum Gasteiger partial charge on any atom is -0.353 e. The molecule has 0 aliphatic carbocycles. The van der Waals surface area contributed by atoms with Gasteiger partial charge < -0.3 is 16.0 Å². The highest BCUT2D eigenvalue weighted by molar-refractivity contribution is 5.85. The maximum atomic E-state index is 12.8. The van der Waals surface area contributed by atoms with Crippen LogP contribution in [0.15, 0.2) is 30.3 Å². The molecule has 1 aromatic rings. The molecule has 0 bridgehead atoms. The van der Waals surface area contributed by atoms with Crippen molar-refractivity contribution in [2.24, 2.45) is 5.73 Å². The highest BCUT2D eigenvalue weighted by Gasteiger charge is 2.28. The molecule has 0 radical (unpaired) electrons. The Morgan fingerprint density at radius 2 is 1.88 bits per heavy atom. The van der Waals surface area contributed by atoms with Gasteiger partial charge >= 0.3 is 0 Å². The van der Waals surface area contributed by atoms with E-state index in [0.717, 1.165) is 31.2 Å². The first-order chi connectivity index (χ1) is 11.7. The van der Waals surface area contributed by atoms with Crippen LogP contribution in [0.1, 0.15) is 50.5 Å². The van der Waals surface area contributed by atoms with Gasteiger partial charge in [-0.05, 0) is 37.8 Å². The first-order valence-corrected chi connectivity index (χ1v) is 8.98. The molecule has 3 N–H and O–H groups in total. The second kappa shape index (κ2) is 11.1. The van der Waals surface area contributed by atoms with Crippen LogP contribution in [0.3, 0.4) is 0 Å². The summed E-state index contributed by atoms with van der Waals surface area (Å²) >= 11 is 0. The van der Waals surface area contributed by atoms with Crippen LogP contribution in [0.4, 0.5) is 0 Å². The second-order valence-electron chi connectivity index (χ2n) is 6.43. The van der Waals surface area contributed by atoms with Crippen LogP contribution >= 0.6 is 12.4 Å². The molecule has 1 atom stereocenters. The van der Waals surface area contributed by atoms with Crippen LogP contribution in [0.2, 0.25) is 0 Å². The number of nitrogens with zero attached hydrogens (tertiary/aromatic N) is 1. The molecule has 0 aromatic heterocycles. The van der Waals surface area contributed by atoms with Gasteiger partial charge in [0.25, 0.3) is 0 Å². The number of carbonyl (C=O) groups excluding carboxylic acids is 2. The molecule has 0 saturated carbocycles. The van der Waals surface area contributed by atoms with Crippen LogP contribution < -0.4 is 11.1 Å². The van der Waals surface area contributed by atoms with E-state index >= 15 is 0 Å². The van der Waals surface area contributed by atoms with Crippen molar-refractivity contribution in [2.45, 2.75) is 51.0 Å². The number of rotatable bonds is 7. The van der Waals surface area contributed by atoms with Crippen molar-refractivity contribution >= 4 is 24.2 Å². The Balaban J connectivity index is 0.00000312. The number of piperidine rings is 1. The zero-order chi connectivity index (χ0) is 17.4. The fraction of sp³-hybridized carbons (Fsp3) is 0.579. The quantitative estimate of drug-likeness (QED) is 0.777. The van der Waals surface area contributed by atoms with Gasteiger partial charge in [-0.3, -0.25) is 9.59 Å². The smallest absolute Gasteiger partial charge is 0.230 e. The number of nitrogens with one attached hydrogen (secondary N) is 1. The summed E-state index contributed by atoms with van der Waals surface area (Å²) in [7, 11) is 0. The van der Waals surface area contributed by atoms with Crippen molar-refractivity contribution < 1.29 is 9.59 Å². The molecule has 1 unspecified atom stereocenters. The van der Waals surface area contributed by atoms with Crippen LogP contribution in [0, 0.1) is 0 Å². The maximum absolute atomic E-state index is 12.8. The van der Waals surface area contributed by atoms with Gasteiger partial charge in [-0.15, -0.1) is 12.4 Å². The Labute approximate surface area is 156 Å². The zero-order valence-corrected chi connectivity index (χ0v) is 15.8. The normalized spacial score (nSPS) is 16.0. The highest BCUT2D eigenvalue weighted by atomic mass is 35.5. The standard InChI is InChI=1S/C19H29N3O2.ClH/c1-2-17(15-7-4-3-5-8-15)19(24)22-13-10-16(11-14-22)21-18(23)9-6-12-20;/h3-5,7-8,16-17H,2,6,9-14,20H2,1H3,(H,21,23);1H. The molecule has 6 heteroatoms. The third kappa shape index (κ3) is 6.33. The monoisotopic (exact) mass is 367 g/mol. The zero-order valence-electron chi connectivity index (χ0n) is 14.9. The Hall–Kier alpha value is -1.59. The number of likely N-dealkylation sites (tertiary alicyclic amines) is 1. The molecular formula is C19H30ClN3O2. The Bertz CT molecular complexity index is 531. The average Bonchev–Trinajstić information content (AvgIpc) is 2.62. The predicted octanol–water partition coefficient (Wildman–Crippen LogP) is 2.45. The van der Waals surface area contributed by atoms with Crippen molar-refractivity contribution in [2.75, 3.05) is 19.6 Å². The molecule has 25 heavy (non-hydrogen) atoms. The topological polar surface area (TPSA) is 75.4 Å². The number of carbonyl (C=O) groups is 2. The largest absolute Gasteiger partial charge is 0.353 e. The summed E-state index contributed by atoms with van der Waals surface area (Å²) < 4.78 is 0. The number of hydrogen-bond acceptors (Lipinski definition) is 3. The summed E-state index contributed by atoms with van der Waals surface area (Å²) in [4.78, 5) is 26.6. The molecule has 1 heterocycles. The van der Waals surface area contributed by atoms with E-state index in [1.807, 2.05) is 35.2 Å². The Morgan fingerprint density at radius 1 is 1.24 bits per heavy atom. The molecule has 1 aromatic carbocycles. The lowest BCUT2D eigenvalue weighted by Crippen LogP contribution is -2.47. The van der Waals surface area contributed by atoms with Crippen molar-refractivity contribution in [3.8, 4) is 0 Å². The molecule has 2 rings (SSSR count).